The van der Waals surface area contributed by atoms with Gasteiger partial charge in [0, 0.05) is 36.4 Å². The van der Waals surface area contributed by atoms with E-state index in [0.29, 0.717) is 5.69 Å². The van der Waals surface area contributed by atoms with E-state index in [4.69, 9.17) is 0 Å². The number of nitrogens with one attached hydrogen (secondary N) is 1. The van der Waals surface area contributed by atoms with Gasteiger partial charge in [0.05, 0.1) is 11.4 Å². The molecule has 2 aliphatic rings. The molecule has 8 heteroatoms. The summed E-state index contributed by atoms with van der Waals surface area (Å²) in [6.45, 7) is 2.10. The Bertz CT molecular complexity index is 1030. The summed E-state index contributed by atoms with van der Waals surface area (Å²) in [7, 11) is -3.66. The molecule has 0 bridgehead atoms. The number of nitrogens with zero attached hydrogens (tertiary/aromatic N) is 2. The second-order valence-electron chi connectivity index (χ2n) is 7.32. The summed E-state index contributed by atoms with van der Waals surface area (Å²) in [5, 5.41) is 2.83. The Morgan fingerprint density at radius 1 is 0.931 bits per heavy atom. The Morgan fingerprint density at radius 2 is 1.66 bits per heavy atom. The zero-order valence-corrected chi connectivity index (χ0v) is 16.8. The maximum atomic E-state index is 12.6. The SMILES string of the molecule is O=C(Nc1ccc(N2CCCCC2)cc1)c1cccc(N2C(=O)CCS2(=O)=O)c1. The van der Waals surface area contributed by atoms with Gasteiger partial charge >= 0.3 is 0 Å². The first-order valence-electron chi connectivity index (χ1n) is 9.76. The van der Waals surface area contributed by atoms with Gasteiger partial charge in [0.25, 0.3) is 5.91 Å². The number of hydrogen-bond acceptors (Lipinski definition) is 5. The highest BCUT2D eigenvalue weighted by molar-refractivity contribution is 7.94. The van der Waals surface area contributed by atoms with Crippen molar-refractivity contribution in [3.05, 3.63) is 54.1 Å². The molecule has 4 rings (SSSR count). The third kappa shape index (κ3) is 4.12. The zero-order valence-electron chi connectivity index (χ0n) is 16.0. The molecule has 0 unspecified atom stereocenters. The minimum absolute atomic E-state index is 0.0396. The molecule has 29 heavy (non-hydrogen) atoms. The van der Waals surface area contributed by atoms with Gasteiger partial charge in [-0.3, -0.25) is 9.59 Å². The Kier molecular flexibility index (Phi) is 5.27. The highest BCUT2D eigenvalue weighted by Gasteiger charge is 2.36. The molecule has 2 saturated heterocycles. The smallest absolute Gasteiger partial charge is 0.255 e. The van der Waals surface area contributed by atoms with Crippen molar-refractivity contribution in [1.82, 2.24) is 0 Å². The van der Waals surface area contributed by atoms with Crippen LogP contribution in [0.15, 0.2) is 48.5 Å². The number of carbonyl (C=O) groups is 2. The van der Waals surface area contributed by atoms with Crippen LogP contribution in [0.2, 0.25) is 0 Å². The zero-order chi connectivity index (χ0) is 20.4. The molecule has 0 aliphatic carbocycles. The van der Waals surface area contributed by atoms with Crippen LogP contribution in [0, 0.1) is 0 Å². The number of benzene rings is 2. The van der Waals surface area contributed by atoms with Crippen LogP contribution in [0.4, 0.5) is 17.1 Å². The second-order valence-corrected chi connectivity index (χ2v) is 9.26. The molecular weight excluding hydrogens is 390 g/mol. The molecule has 0 saturated carbocycles. The quantitative estimate of drug-likeness (QED) is 0.833. The van der Waals surface area contributed by atoms with E-state index in [1.807, 2.05) is 24.3 Å². The average Bonchev–Trinajstić information content (AvgIpc) is 3.01. The number of piperidine rings is 1. The first-order chi connectivity index (χ1) is 13.9. The standard InChI is InChI=1S/C21H23N3O4S/c25-20-11-14-29(27,28)24(20)19-6-4-5-16(15-19)21(26)22-17-7-9-18(10-8-17)23-12-2-1-3-13-23/h4-10,15H,1-3,11-14H2,(H,22,26). The van der Waals surface area contributed by atoms with Gasteiger partial charge in [-0.2, -0.15) is 0 Å². The Morgan fingerprint density at radius 3 is 2.31 bits per heavy atom. The monoisotopic (exact) mass is 413 g/mol. The second kappa shape index (κ2) is 7.87. The third-order valence-electron chi connectivity index (χ3n) is 5.27. The Labute approximate surface area is 170 Å². The van der Waals surface area contributed by atoms with Crippen LogP contribution in [0.1, 0.15) is 36.0 Å². The van der Waals surface area contributed by atoms with Gasteiger partial charge in [0.1, 0.15) is 0 Å². The van der Waals surface area contributed by atoms with Crippen molar-refractivity contribution in [2.75, 3.05) is 33.4 Å². The molecule has 2 aromatic carbocycles. The fourth-order valence-electron chi connectivity index (χ4n) is 3.75. The lowest BCUT2D eigenvalue weighted by Gasteiger charge is -2.28. The Hall–Kier alpha value is -2.87. The summed E-state index contributed by atoms with van der Waals surface area (Å²) in [5.41, 5.74) is 2.28. The summed E-state index contributed by atoms with van der Waals surface area (Å²) in [6, 6.07) is 13.8. The normalized spacial score (nSPS) is 18.7. The maximum Gasteiger partial charge on any atom is 0.255 e. The predicted molar refractivity (Wildman–Crippen MR) is 113 cm³/mol. The highest BCUT2D eigenvalue weighted by Crippen LogP contribution is 2.26. The summed E-state index contributed by atoms with van der Waals surface area (Å²) in [4.78, 5) is 26.9. The van der Waals surface area contributed by atoms with Gasteiger partial charge in [-0.15, -0.1) is 0 Å². The lowest BCUT2D eigenvalue weighted by Crippen LogP contribution is -2.29. The molecule has 1 N–H and O–H groups in total. The first kappa shape index (κ1) is 19.4. The van der Waals surface area contributed by atoms with E-state index >= 15 is 0 Å². The van der Waals surface area contributed by atoms with Crippen molar-refractivity contribution in [3.63, 3.8) is 0 Å². The number of hydrogen-bond donors (Lipinski definition) is 1. The molecule has 2 aliphatic heterocycles. The summed E-state index contributed by atoms with van der Waals surface area (Å²) in [6.07, 6.45) is 3.63. The molecule has 152 valence electrons. The van der Waals surface area contributed by atoms with Gasteiger partial charge in [-0.05, 0) is 61.7 Å². The largest absolute Gasteiger partial charge is 0.372 e. The van der Waals surface area contributed by atoms with E-state index in [2.05, 4.69) is 10.2 Å². The molecular formula is C21H23N3O4S. The Balaban J connectivity index is 1.48. The lowest BCUT2D eigenvalue weighted by atomic mass is 10.1. The molecule has 2 aromatic rings. The lowest BCUT2D eigenvalue weighted by molar-refractivity contribution is -0.116. The van der Waals surface area contributed by atoms with Gasteiger partial charge < -0.3 is 10.2 Å². The molecule has 0 atom stereocenters. The molecule has 2 fully saturated rings. The van der Waals surface area contributed by atoms with Crippen LogP contribution in [0.5, 0.6) is 0 Å². The van der Waals surface area contributed by atoms with Crippen molar-refractivity contribution < 1.29 is 18.0 Å². The molecule has 0 aromatic heterocycles. The summed E-state index contributed by atoms with van der Waals surface area (Å²) >= 11 is 0. The molecule has 0 spiro atoms. The van der Waals surface area contributed by atoms with Crippen molar-refractivity contribution in [2.45, 2.75) is 25.7 Å². The minimum atomic E-state index is -3.66. The summed E-state index contributed by atoms with van der Waals surface area (Å²) < 4.78 is 25.0. The van der Waals surface area contributed by atoms with E-state index in [-0.39, 0.29) is 29.3 Å². The number of sulfonamides is 1. The fraction of sp³-hybridized carbons (Fsp3) is 0.333. The minimum Gasteiger partial charge on any atom is -0.372 e. The van der Waals surface area contributed by atoms with Crippen molar-refractivity contribution in [1.29, 1.82) is 0 Å². The summed E-state index contributed by atoms with van der Waals surface area (Å²) in [5.74, 6) is -1.04. The van der Waals surface area contributed by atoms with Gasteiger partial charge in [-0.1, -0.05) is 6.07 Å². The molecule has 2 amide bonds. The van der Waals surface area contributed by atoms with Gasteiger partial charge in [-0.25, -0.2) is 12.7 Å². The maximum absolute atomic E-state index is 12.6. The van der Waals surface area contributed by atoms with E-state index in [9.17, 15) is 18.0 Å². The van der Waals surface area contributed by atoms with Crippen LogP contribution in [0.3, 0.4) is 0 Å². The van der Waals surface area contributed by atoms with Gasteiger partial charge in [0.2, 0.25) is 15.9 Å². The molecule has 2 heterocycles. The van der Waals surface area contributed by atoms with Crippen LogP contribution >= 0.6 is 0 Å². The number of amides is 2. The predicted octanol–water partition coefficient (Wildman–Crippen LogP) is 3.00. The highest BCUT2D eigenvalue weighted by atomic mass is 32.2. The van der Waals surface area contributed by atoms with E-state index in [1.54, 1.807) is 12.1 Å². The van der Waals surface area contributed by atoms with E-state index < -0.39 is 15.9 Å². The van der Waals surface area contributed by atoms with Crippen molar-refractivity contribution >= 4 is 38.9 Å². The van der Waals surface area contributed by atoms with Crippen LogP contribution < -0.4 is 14.5 Å². The van der Waals surface area contributed by atoms with E-state index in [1.165, 1.54) is 31.4 Å². The fourth-order valence-corrected chi connectivity index (χ4v) is 5.20. The van der Waals surface area contributed by atoms with Gasteiger partial charge in [0.15, 0.2) is 0 Å². The molecule has 7 nitrogen and oxygen atoms in total. The van der Waals surface area contributed by atoms with Crippen molar-refractivity contribution in [3.8, 4) is 0 Å². The third-order valence-corrected chi connectivity index (χ3v) is 6.96. The average molecular weight is 413 g/mol. The van der Waals surface area contributed by atoms with Crippen molar-refractivity contribution in [2.24, 2.45) is 0 Å². The first-order valence-corrected chi connectivity index (χ1v) is 11.4. The number of rotatable bonds is 4. The molecule has 0 radical (unpaired) electrons. The van der Waals surface area contributed by atoms with E-state index in [0.717, 1.165) is 23.1 Å². The van der Waals surface area contributed by atoms with Crippen LogP contribution in [0.25, 0.3) is 0 Å². The number of carbonyl (C=O) groups excluding carboxylic acids is 2. The van der Waals surface area contributed by atoms with Crippen LogP contribution in [-0.2, 0) is 14.8 Å². The van der Waals surface area contributed by atoms with Crippen LogP contribution in [-0.4, -0.2) is 39.1 Å². The topological polar surface area (TPSA) is 86.8 Å². The number of anilines is 3.